The number of rotatable bonds is 2. The van der Waals surface area contributed by atoms with E-state index in [0.29, 0.717) is 11.3 Å². The number of nitrogens with zero attached hydrogens (tertiary/aromatic N) is 3. The van der Waals surface area contributed by atoms with Crippen LogP contribution in [0.2, 0.25) is 5.02 Å². The number of halogens is 2. The number of hydrogen-bond acceptors (Lipinski definition) is 3. The average molecular weight is 319 g/mol. The van der Waals surface area contributed by atoms with Gasteiger partial charge in [0.25, 0.3) is 5.91 Å². The average Bonchev–Trinajstić information content (AvgIpc) is 2.73. The van der Waals surface area contributed by atoms with E-state index in [9.17, 15) is 9.18 Å². The second-order valence-electron chi connectivity index (χ2n) is 4.85. The molecular formula is C15H12ClFN4O. The summed E-state index contributed by atoms with van der Waals surface area (Å²) in [6.45, 7) is 1.85. The lowest BCUT2D eigenvalue weighted by molar-refractivity contribution is 0.102. The summed E-state index contributed by atoms with van der Waals surface area (Å²) >= 11 is 5.88. The number of carbonyl (C=O) groups excluding carboxylic acids is 1. The van der Waals surface area contributed by atoms with Crippen molar-refractivity contribution >= 4 is 34.2 Å². The summed E-state index contributed by atoms with van der Waals surface area (Å²) in [5.41, 5.74) is 1.77. The molecule has 5 nitrogen and oxygen atoms in total. The first-order valence-corrected chi connectivity index (χ1v) is 6.90. The molecule has 0 bridgehead atoms. The van der Waals surface area contributed by atoms with Crippen LogP contribution in [0.15, 0.2) is 30.5 Å². The van der Waals surface area contributed by atoms with Gasteiger partial charge in [0.2, 0.25) is 0 Å². The van der Waals surface area contributed by atoms with Crippen LogP contribution in [0.3, 0.4) is 0 Å². The Labute approximate surface area is 130 Å². The maximum atomic E-state index is 13.7. The maximum Gasteiger partial charge on any atom is 0.260 e. The minimum absolute atomic E-state index is 0.0593. The van der Waals surface area contributed by atoms with Crippen molar-refractivity contribution in [3.63, 3.8) is 0 Å². The van der Waals surface area contributed by atoms with Crippen molar-refractivity contribution in [2.24, 2.45) is 7.05 Å². The summed E-state index contributed by atoms with van der Waals surface area (Å²) in [4.78, 5) is 16.4. The lowest BCUT2D eigenvalue weighted by atomic mass is 10.2. The van der Waals surface area contributed by atoms with Crippen molar-refractivity contribution in [1.82, 2.24) is 14.8 Å². The first-order chi connectivity index (χ1) is 10.5. The molecule has 112 valence electrons. The second-order valence-corrected chi connectivity index (χ2v) is 5.26. The number of hydrogen-bond donors (Lipinski definition) is 1. The number of fused-ring (bicyclic) bond motifs is 1. The van der Waals surface area contributed by atoms with Gasteiger partial charge < -0.3 is 5.32 Å². The van der Waals surface area contributed by atoms with Gasteiger partial charge in [-0.2, -0.15) is 5.10 Å². The topological polar surface area (TPSA) is 59.8 Å². The molecule has 1 amide bonds. The molecule has 7 heteroatoms. The SMILES string of the molecule is Cc1nn(C)c2ncc(NC(=O)c3c(F)cccc3Cl)cc12. The zero-order valence-corrected chi connectivity index (χ0v) is 12.6. The third-order valence-electron chi connectivity index (χ3n) is 3.31. The summed E-state index contributed by atoms with van der Waals surface area (Å²) in [6, 6.07) is 5.85. The Morgan fingerprint density at radius 1 is 1.41 bits per heavy atom. The highest BCUT2D eigenvalue weighted by Gasteiger charge is 2.16. The zero-order chi connectivity index (χ0) is 15.9. The summed E-state index contributed by atoms with van der Waals surface area (Å²) in [5.74, 6) is -1.29. The van der Waals surface area contributed by atoms with Crippen LogP contribution in [0.25, 0.3) is 11.0 Å². The molecule has 0 atom stereocenters. The lowest BCUT2D eigenvalue weighted by Crippen LogP contribution is -2.14. The molecule has 0 aliphatic rings. The number of nitrogens with one attached hydrogen (secondary N) is 1. The van der Waals surface area contributed by atoms with Gasteiger partial charge in [-0.1, -0.05) is 17.7 Å². The third kappa shape index (κ3) is 2.42. The number of anilines is 1. The van der Waals surface area contributed by atoms with Crippen molar-refractivity contribution in [3.8, 4) is 0 Å². The van der Waals surface area contributed by atoms with Crippen molar-refractivity contribution in [2.45, 2.75) is 6.92 Å². The number of benzene rings is 1. The fraction of sp³-hybridized carbons (Fsp3) is 0.133. The van der Waals surface area contributed by atoms with E-state index in [1.807, 2.05) is 6.92 Å². The highest BCUT2D eigenvalue weighted by atomic mass is 35.5. The Balaban J connectivity index is 1.96. The van der Waals surface area contributed by atoms with Crippen LogP contribution in [0.4, 0.5) is 10.1 Å². The normalized spacial score (nSPS) is 10.9. The molecule has 1 aromatic carbocycles. The van der Waals surface area contributed by atoms with E-state index in [0.717, 1.165) is 11.1 Å². The Bertz CT molecular complexity index is 870. The molecule has 22 heavy (non-hydrogen) atoms. The molecule has 0 spiro atoms. The largest absolute Gasteiger partial charge is 0.320 e. The van der Waals surface area contributed by atoms with Crippen LogP contribution in [-0.2, 0) is 7.05 Å². The van der Waals surface area contributed by atoms with E-state index in [-0.39, 0.29) is 10.6 Å². The molecule has 3 aromatic rings. The summed E-state index contributed by atoms with van der Waals surface area (Å²) in [7, 11) is 1.79. The van der Waals surface area contributed by atoms with Crippen LogP contribution in [0.5, 0.6) is 0 Å². The number of carbonyl (C=O) groups is 1. The molecule has 3 rings (SSSR count). The van der Waals surface area contributed by atoms with Gasteiger partial charge in [-0.3, -0.25) is 9.48 Å². The van der Waals surface area contributed by atoms with Crippen molar-refractivity contribution in [3.05, 3.63) is 52.6 Å². The van der Waals surface area contributed by atoms with Crippen molar-refractivity contribution in [1.29, 1.82) is 0 Å². The van der Waals surface area contributed by atoms with E-state index in [1.54, 1.807) is 17.8 Å². The monoisotopic (exact) mass is 318 g/mol. The molecule has 0 fully saturated rings. The number of pyridine rings is 1. The predicted molar refractivity (Wildman–Crippen MR) is 82.6 cm³/mol. The standard InChI is InChI=1S/C15H12ClFN4O/c1-8-10-6-9(7-18-14(10)21(2)20-8)19-15(22)13-11(16)4-3-5-12(13)17/h3-7H,1-2H3,(H,19,22). The molecule has 2 heterocycles. The van der Waals surface area contributed by atoms with Gasteiger partial charge in [0.05, 0.1) is 28.2 Å². The lowest BCUT2D eigenvalue weighted by Gasteiger charge is -2.07. The van der Waals surface area contributed by atoms with Crippen molar-refractivity contribution in [2.75, 3.05) is 5.32 Å². The summed E-state index contributed by atoms with van der Waals surface area (Å²) in [5, 5.41) is 7.74. The highest BCUT2D eigenvalue weighted by Crippen LogP contribution is 2.22. The Morgan fingerprint density at radius 2 is 2.18 bits per heavy atom. The van der Waals surface area contributed by atoms with Gasteiger partial charge in [-0.15, -0.1) is 0 Å². The van der Waals surface area contributed by atoms with Gasteiger partial charge in [-0.25, -0.2) is 9.37 Å². The molecule has 2 aromatic heterocycles. The zero-order valence-electron chi connectivity index (χ0n) is 11.9. The van der Waals surface area contributed by atoms with E-state index < -0.39 is 11.7 Å². The third-order valence-corrected chi connectivity index (χ3v) is 3.63. The minimum atomic E-state index is -0.670. The van der Waals surface area contributed by atoms with Gasteiger partial charge in [0, 0.05) is 12.4 Å². The van der Waals surface area contributed by atoms with Crippen molar-refractivity contribution < 1.29 is 9.18 Å². The molecule has 0 saturated carbocycles. The number of aromatic nitrogens is 3. The fourth-order valence-corrected chi connectivity index (χ4v) is 2.53. The van der Waals surface area contributed by atoms with Crippen LogP contribution in [-0.4, -0.2) is 20.7 Å². The molecule has 0 radical (unpaired) electrons. The first kappa shape index (κ1) is 14.5. The van der Waals surface area contributed by atoms with Gasteiger partial charge in [0.15, 0.2) is 5.65 Å². The van der Waals surface area contributed by atoms with Crippen LogP contribution in [0, 0.1) is 12.7 Å². The minimum Gasteiger partial charge on any atom is -0.320 e. The van der Waals surface area contributed by atoms with Gasteiger partial charge in [-0.05, 0) is 25.1 Å². The smallest absolute Gasteiger partial charge is 0.260 e. The molecule has 0 aliphatic carbocycles. The summed E-state index contributed by atoms with van der Waals surface area (Å²) < 4.78 is 15.4. The maximum absolute atomic E-state index is 13.7. The molecule has 1 N–H and O–H groups in total. The number of aryl methyl sites for hydroxylation is 2. The molecule has 0 unspecified atom stereocenters. The summed E-state index contributed by atoms with van der Waals surface area (Å²) in [6.07, 6.45) is 1.50. The quantitative estimate of drug-likeness (QED) is 0.788. The number of amides is 1. The highest BCUT2D eigenvalue weighted by molar-refractivity contribution is 6.34. The Hall–Kier alpha value is -2.47. The molecule has 0 aliphatic heterocycles. The van der Waals surface area contributed by atoms with Gasteiger partial charge >= 0.3 is 0 Å². The van der Waals surface area contributed by atoms with Crippen LogP contribution >= 0.6 is 11.6 Å². The van der Waals surface area contributed by atoms with Gasteiger partial charge in [0.1, 0.15) is 5.82 Å². The molecular weight excluding hydrogens is 307 g/mol. The van der Waals surface area contributed by atoms with E-state index in [4.69, 9.17) is 11.6 Å². The predicted octanol–water partition coefficient (Wildman–Crippen LogP) is 3.32. The Kier molecular flexibility index (Phi) is 3.54. The van der Waals surface area contributed by atoms with Crippen LogP contribution in [0.1, 0.15) is 16.1 Å². The van der Waals surface area contributed by atoms with E-state index in [1.165, 1.54) is 24.4 Å². The Morgan fingerprint density at radius 3 is 2.91 bits per heavy atom. The fourth-order valence-electron chi connectivity index (χ4n) is 2.28. The first-order valence-electron chi connectivity index (χ1n) is 6.52. The van der Waals surface area contributed by atoms with E-state index >= 15 is 0 Å². The van der Waals surface area contributed by atoms with Crippen LogP contribution < -0.4 is 5.32 Å². The second kappa shape index (κ2) is 5.38. The molecule has 0 saturated heterocycles. The van der Waals surface area contributed by atoms with E-state index in [2.05, 4.69) is 15.4 Å².